The van der Waals surface area contributed by atoms with E-state index in [-0.39, 0.29) is 11.7 Å². The van der Waals surface area contributed by atoms with Gasteiger partial charge in [0.1, 0.15) is 11.4 Å². The Kier molecular flexibility index (Phi) is 8.66. The summed E-state index contributed by atoms with van der Waals surface area (Å²) in [7, 11) is 1.00. The van der Waals surface area contributed by atoms with Gasteiger partial charge < -0.3 is 14.9 Å². The summed E-state index contributed by atoms with van der Waals surface area (Å²) < 4.78 is 44.4. The van der Waals surface area contributed by atoms with Gasteiger partial charge in [-0.1, -0.05) is 6.92 Å². The molecule has 2 unspecified atom stereocenters. The van der Waals surface area contributed by atoms with Crippen LogP contribution in [0.3, 0.4) is 0 Å². The fraction of sp³-hybridized carbons (Fsp3) is 0.625. The van der Waals surface area contributed by atoms with Gasteiger partial charge in [-0.05, 0) is 51.0 Å². The van der Waals surface area contributed by atoms with Crippen LogP contribution in [0.4, 0.5) is 13.2 Å². The summed E-state index contributed by atoms with van der Waals surface area (Å²) >= 11 is 0. The second kappa shape index (κ2) is 9.12. The number of ether oxygens (including phenoxy) is 1. The third-order valence-corrected chi connectivity index (χ3v) is 3.56. The first-order valence-corrected chi connectivity index (χ1v) is 7.10. The van der Waals surface area contributed by atoms with Gasteiger partial charge >= 0.3 is 0 Å². The molecule has 1 aromatic carbocycles. The Morgan fingerprint density at radius 1 is 1.18 bits per heavy atom. The number of alkyl halides is 2. The molecule has 0 bridgehead atoms. The third kappa shape index (κ3) is 5.59. The minimum Gasteiger partial charge on any atom is -0.400 e. The van der Waals surface area contributed by atoms with Gasteiger partial charge in [-0.3, -0.25) is 0 Å². The number of hydrogen-bond donors (Lipinski definition) is 2. The predicted octanol–water partition coefficient (Wildman–Crippen LogP) is 3.78. The van der Waals surface area contributed by atoms with Crippen molar-refractivity contribution in [2.24, 2.45) is 0 Å². The van der Waals surface area contributed by atoms with Crippen molar-refractivity contribution >= 4 is 0 Å². The molecular weight excluding hydrogens is 297 g/mol. The van der Waals surface area contributed by atoms with E-state index in [1.165, 1.54) is 6.92 Å². The first-order chi connectivity index (χ1) is 10.2. The highest BCUT2D eigenvalue weighted by molar-refractivity contribution is 5.30. The number of hydrogen-bond acceptors (Lipinski definition) is 3. The van der Waals surface area contributed by atoms with Crippen molar-refractivity contribution in [3.05, 3.63) is 35.1 Å². The second-order valence-electron chi connectivity index (χ2n) is 5.22. The van der Waals surface area contributed by atoms with Crippen LogP contribution in [-0.4, -0.2) is 29.5 Å². The number of aliphatic hydroxyl groups is 2. The Hall–Kier alpha value is -1.11. The van der Waals surface area contributed by atoms with Crippen LogP contribution in [0.2, 0.25) is 0 Å². The van der Waals surface area contributed by atoms with Crippen molar-refractivity contribution in [1.29, 1.82) is 0 Å². The van der Waals surface area contributed by atoms with Crippen LogP contribution in [0.15, 0.2) is 18.2 Å². The normalized spacial score (nSPS) is 16.5. The predicted molar refractivity (Wildman–Crippen MR) is 79.4 cm³/mol. The van der Waals surface area contributed by atoms with Crippen molar-refractivity contribution in [2.45, 2.75) is 58.4 Å². The molecule has 0 spiro atoms. The first-order valence-electron chi connectivity index (χ1n) is 7.10. The quantitative estimate of drug-likeness (QED) is 0.838. The van der Waals surface area contributed by atoms with E-state index in [0.29, 0.717) is 0 Å². The van der Waals surface area contributed by atoms with Crippen LogP contribution in [0.25, 0.3) is 0 Å². The van der Waals surface area contributed by atoms with Gasteiger partial charge in [-0.25, -0.2) is 13.2 Å². The van der Waals surface area contributed by atoms with Crippen molar-refractivity contribution < 1.29 is 28.1 Å². The van der Waals surface area contributed by atoms with E-state index < -0.39 is 29.5 Å². The molecule has 22 heavy (non-hydrogen) atoms. The Morgan fingerprint density at radius 3 is 2.18 bits per heavy atom. The fourth-order valence-corrected chi connectivity index (χ4v) is 1.84. The fourth-order valence-electron chi connectivity index (χ4n) is 1.84. The topological polar surface area (TPSA) is 49.7 Å². The van der Waals surface area contributed by atoms with Crippen molar-refractivity contribution in [3.8, 4) is 0 Å². The van der Waals surface area contributed by atoms with Crippen molar-refractivity contribution in [1.82, 2.24) is 0 Å². The number of aliphatic hydroxyl groups excluding tert-OH is 1. The number of halogens is 3. The van der Waals surface area contributed by atoms with Gasteiger partial charge in [0.05, 0.1) is 12.2 Å². The van der Waals surface area contributed by atoms with Crippen LogP contribution in [0.1, 0.15) is 51.7 Å². The highest BCUT2D eigenvalue weighted by Crippen LogP contribution is 2.31. The van der Waals surface area contributed by atoms with E-state index in [9.17, 15) is 18.3 Å². The molecule has 1 rings (SSSR count). The maximum atomic E-state index is 13.4. The second-order valence-corrected chi connectivity index (χ2v) is 5.22. The maximum Gasteiger partial charge on any atom is 0.263 e. The SMILES string of the molecule is CCC(C)OC(C)[C@](C)(O)c1cc(F)cc(C(F)F)c1.CO. The molecule has 0 aromatic heterocycles. The molecule has 0 aliphatic rings. The summed E-state index contributed by atoms with van der Waals surface area (Å²) in [5.41, 5.74) is -1.91. The lowest BCUT2D eigenvalue weighted by Crippen LogP contribution is -2.38. The van der Waals surface area contributed by atoms with Crippen LogP contribution < -0.4 is 0 Å². The molecule has 0 radical (unpaired) electrons. The lowest BCUT2D eigenvalue weighted by Gasteiger charge is -2.33. The minimum atomic E-state index is -2.79. The van der Waals surface area contributed by atoms with Gasteiger partial charge in [-0.2, -0.15) is 0 Å². The van der Waals surface area contributed by atoms with Gasteiger partial charge in [0, 0.05) is 12.7 Å². The molecule has 1 aromatic rings. The molecule has 0 saturated heterocycles. The summed E-state index contributed by atoms with van der Waals surface area (Å²) in [5.74, 6) is -0.797. The highest BCUT2D eigenvalue weighted by Gasteiger charge is 2.33. The maximum absolute atomic E-state index is 13.4. The zero-order chi connectivity index (χ0) is 17.5. The van der Waals surface area contributed by atoms with Crippen molar-refractivity contribution in [3.63, 3.8) is 0 Å². The Balaban J connectivity index is 0.00000211. The molecule has 0 fully saturated rings. The molecular formula is C16H25F3O3. The average Bonchev–Trinajstić information content (AvgIpc) is 2.48. The lowest BCUT2D eigenvalue weighted by atomic mass is 9.89. The summed E-state index contributed by atoms with van der Waals surface area (Å²) in [4.78, 5) is 0. The Labute approximate surface area is 129 Å². The van der Waals surface area contributed by atoms with E-state index in [1.54, 1.807) is 6.92 Å². The molecule has 0 saturated carbocycles. The zero-order valence-electron chi connectivity index (χ0n) is 13.6. The smallest absolute Gasteiger partial charge is 0.263 e. The first kappa shape index (κ1) is 20.9. The molecule has 0 aliphatic heterocycles. The highest BCUT2D eigenvalue weighted by atomic mass is 19.3. The molecule has 2 N–H and O–H groups in total. The van der Waals surface area contributed by atoms with E-state index in [1.807, 2.05) is 13.8 Å². The van der Waals surface area contributed by atoms with Gasteiger partial charge in [0.2, 0.25) is 0 Å². The summed E-state index contributed by atoms with van der Waals surface area (Å²) in [5, 5.41) is 17.5. The Morgan fingerprint density at radius 2 is 1.73 bits per heavy atom. The molecule has 6 heteroatoms. The summed E-state index contributed by atoms with van der Waals surface area (Å²) in [6.45, 7) is 6.86. The van der Waals surface area contributed by atoms with Gasteiger partial charge in [0.15, 0.2) is 0 Å². The third-order valence-electron chi connectivity index (χ3n) is 3.56. The molecule has 0 heterocycles. The van der Waals surface area contributed by atoms with Crippen LogP contribution in [0.5, 0.6) is 0 Å². The molecule has 128 valence electrons. The molecule has 3 nitrogen and oxygen atoms in total. The minimum absolute atomic E-state index is 0.0837. The van der Waals surface area contributed by atoms with E-state index >= 15 is 0 Å². The Bertz CT molecular complexity index is 450. The largest absolute Gasteiger partial charge is 0.400 e. The number of benzene rings is 1. The average molecular weight is 322 g/mol. The molecule has 0 amide bonds. The van der Waals surface area contributed by atoms with E-state index in [2.05, 4.69) is 0 Å². The van der Waals surface area contributed by atoms with Gasteiger partial charge in [0.25, 0.3) is 6.43 Å². The van der Waals surface area contributed by atoms with Crippen molar-refractivity contribution in [2.75, 3.05) is 7.11 Å². The number of rotatable bonds is 6. The van der Waals surface area contributed by atoms with Crippen LogP contribution in [0, 0.1) is 5.82 Å². The standard InChI is InChI=1S/C15H21F3O2.CH4O/c1-5-9(2)20-10(3)15(4,19)12-6-11(14(17)18)7-13(16)8-12;1-2/h6-10,14,19H,5H2,1-4H3;2H,1H3/t9?,10?,15-;/m0./s1. The lowest BCUT2D eigenvalue weighted by molar-refractivity contribution is -0.119. The summed E-state index contributed by atoms with van der Waals surface area (Å²) in [6, 6.07) is 2.94. The molecule has 3 atom stereocenters. The van der Waals surface area contributed by atoms with Crippen LogP contribution >= 0.6 is 0 Å². The summed E-state index contributed by atoms with van der Waals surface area (Å²) in [6.07, 6.45) is -2.76. The zero-order valence-corrected chi connectivity index (χ0v) is 13.6. The van der Waals surface area contributed by atoms with Gasteiger partial charge in [-0.15, -0.1) is 0 Å². The monoisotopic (exact) mass is 322 g/mol. The van der Waals surface area contributed by atoms with E-state index in [0.717, 1.165) is 31.7 Å². The molecule has 0 aliphatic carbocycles. The van der Waals surface area contributed by atoms with Crippen LogP contribution in [-0.2, 0) is 10.3 Å². The van der Waals surface area contributed by atoms with E-state index in [4.69, 9.17) is 9.84 Å².